The summed E-state index contributed by atoms with van der Waals surface area (Å²) in [6.45, 7) is 2.04. The first-order valence-corrected chi connectivity index (χ1v) is 13.0. The fourth-order valence-electron chi connectivity index (χ4n) is 3.99. The van der Waals surface area contributed by atoms with Gasteiger partial charge in [0.15, 0.2) is 0 Å². The van der Waals surface area contributed by atoms with Crippen LogP contribution in [0.4, 0.5) is 0 Å². The van der Waals surface area contributed by atoms with Crippen LogP contribution >= 0.6 is 11.3 Å². The van der Waals surface area contributed by atoms with Crippen molar-refractivity contribution in [3.8, 4) is 16.9 Å². The highest BCUT2D eigenvalue weighted by atomic mass is 32.2. The van der Waals surface area contributed by atoms with Gasteiger partial charge in [-0.3, -0.25) is 0 Å². The Kier molecular flexibility index (Phi) is 5.19. The molecule has 1 aliphatic heterocycles. The fraction of sp³-hybridized carbons (Fsp3) is 0.167. The number of para-hydroxylation sites is 1. The SMILES string of the molecule is Cc1cccc(-c2nn(-c3ccccc3)cc2[C@H]2CC(c3ccsc3)=NN2S(C)(=O)=O)c1. The number of sulfonamides is 1. The number of rotatable bonds is 5. The van der Waals surface area contributed by atoms with Gasteiger partial charge in [-0.15, -0.1) is 0 Å². The Bertz CT molecular complexity index is 1390. The molecular weight excluding hydrogens is 440 g/mol. The van der Waals surface area contributed by atoms with Gasteiger partial charge in [0.2, 0.25) is 10.0 Å². The van der Waals surface area contributed by atoms with Gasteiger partial charge >= 0.3 is 0 Å². The molecule has 1 atom stereocenters. The normalized spacial score (nSPS) is 16.4. The van der Waals surface area contributed by atoms with Crippen LogP contribution in [0.15, 0.2) is 82.7 Å². The zero-order chi connectivity index (χ0) is 22.3. The van der Waals surface area contributed by atoms with Crippen LogP contribution in [0.2, 0.25) is 0 Å². The van der Waals surface area contributed by atoms with E-state index in [0.717, 1.165) is 39.3 Å². The molecule has 2 aromatic carbocycles. The third-order valence-electron chi connectivity index (χ3n) is 5.48. The molecule has 0 fully saturated rings. The van der Waals surface area contributed by atoms with Gasteiger partial charge < -0.3 is 0 Å². The average Bonchev–Trinajstić information content (AvgIpc) is 3.52. The van der Waals surface area contributed by atoms with Crippen molar-refractivity contribution in [2.75, 3.05) is 6.26 Å². The minimum absolute atomic E-state index is 0.465. The van der Waals surface area contributed by atoms with Crippen LogP contribution < -0.4 is 0 Å². The van der Waals surface area contributed by atoms with E-state index in [2.05, 4.69) is 11.2 Å². The van der Waals surface area contributed by atoms with Crippen LogP contribution in [0.25, 0.3) is 16.9 Å². The van der Waals surface area contributed by atoms with Gasteiger partial charge in [-0.05, 0) is 41.9 Å². The summed E-state index contributed by atoms with van der Waals surface area (Å²) in [6.07, 6.45) is 3.62. The molecule has 0 saturated carbocycles. The Morgan fingerprint density at radius 3 is 2.53 bits per heavy atom. The van der Waals surface area contributed by atoms with Crippen molar-refractivity contribution in [3.63, 3.8) is 0 Å². The largest absolute Gasteiger partial charge is 0.247 e. The maximum atomic E-state index is 12.7. The van der Waals surface area contributed by atoms with Crippen molar-refractivity contribution in [2.24, 2.45) is 5.10 Å². The fourth-order valence-corrected chi connectivity index (χ4v) is 5.55. The van der Waals surface area contributed by atoms with Crippen LogP contribution in [-0.4, -0.2) is 34.6 Å². The van der Waals surface area contributed by atoms with E-state index in [4.69, 9.17) is 5.10 Å². The van der Waals surface area contributed by atoms with E-state index in [0.29, 0.717) is 6.42 Å². The average molecular weight is 463 g/mol. The van der Waals surface area contributed by atoms with Gasteiger partial charge in [0.05, 0.1) is 29.4 Å². The molecule has 0 bridgehead atoms. The molecule has 0 amide bonds. The third-order valence-corrected chi connectivity index (χ3v) is 7.18. The molecule has 32 heavy (non-hydrogen) atoms. The summed E-state index contributed by atoms with van der Waals surface area (Å²) in [5, 5.41) is 13.4. The molecule has 162 valence electrons. The van der Waals surface area contributed by atoms with Crippen molar-refractivity contribution < 1.29 is 8.42 Å². The molecule has 2 aromatic heterocycles. The smallest absolute Gasteiger partial charge is 0.240 e. The first-order chi connectivity index (χ1) is 15.4. The lowest BCUT2D eigenvalue weighted by molar-refractivity contribution is 0.375. The van der Waals surface area contributed by atoms with E-state index in [1.807, 2.05) is 83.2 Å². The Morgan fingerprint density at radius 1 is 1.03 bits per heavy atom. The van der Waals surface area contributed by atoms with Gasteiger partial charge in [-0.2, -0.15) is 26.0 Å². The Hall–Kier alpha value is -3.23. The Morgan fingerprint density at radius 2 is 1.84 bits per heavy atom. The van der Waals surface area contributed by atoms with E-state index in [-0.39, 0.29) is 0 Å². The lowest BCUT2D eigenvalue weighted by atomic mass is 9.97. The molecule has 0 saturated heterocycles. The number of thiophene rings is 1. The molecule has 4 aromatic rings. The van der Waals surface area contributed by atoms with E-state index in [9.17, 15) is 8.42 Å². The van der Waals surface area contributed by atoms with E-state index in [1.165, 1.54) is 10.7 Å². The third kappa shape index (κ3) is 3.87. The summed E-state index contributed by atoms with van der Waals surface area (Å²) in [5.41, 5.74) is 6.30. The van der Waals surface area contributed by atoms with Crippen LogP contribution in [0.5, 0.6) is 0 Å². The summed E-state index contributed by atoms with van der Waals surface area (Å²) < 4.78 is 28.5. The minimum atomic E-state index is -3.57. The molecule has 0 spiro atoms. The lowest BCUT2D eigenvalue weighted by Crippen LogP contribution is -2.26. The van der Waals surface area contributed by atoms with Crippen LogP contribution in [-0.2, 0) is 10.0 Å². The van der Waals surface area contributed by atoms with E-state index >= 15 is 0 Å². The van der Waals surface area contributed by atoms with Crippen molar-refractivity contribution >= 4 is 27.1 Å². The van der Waals surface area contributed by atoms with Gasteiger partial charge in [0.25, 0.3) is 0 Å². The predicted molar refractivity (Wildman–Crippen MR) is 129 cm³/mol. The Balaban J connectivity index is 1.67. The minimum Gasteiger partial charge on any atom is -0.240 e. The summed E-state index contributed by atoms with van der Waals surface area (Å²) in [5.74, 6) is 0. The van der Waals surface area contributed by atoms with Crippen LogP contribution in [0.3, 0.4) is 0 Å². The molecular formula is C24H22N4O2S2. The van der Waals surface area contributed by atoms with Gasteiger partial charge in [0, 0.05) is 29.3 Å². The van der Waals surface area contributed by atoms with Crippen molar-refractivity contribution in [3.05, 3.63) is 94.3 Å². The quantitative estimate of drug-likeness (QED) is 0.418. The summed E-state index contributed by atoms with van der Waals surface area (Å²) in [4.78, 5) is 0. The van der Waals surface area contributed by atoms with E-state index < -0.39 is 16.1 Å². The molecule has 0 unspecified atom stereocenters. The number of hydrogen-bond donors (Lipinski definition) is 0. The van der Waals surface area contributed by atoms with Gasteiger partial charge in [-0.25, -0.2) is 13.1 Å². The zero-order valence-corrected chi connectivity index (χ0v) is 19.3. The van der Waals surface area contributed by atoms with Crippen molar-refractivity contribution in [1.29, 1.82) is 0 Å². The monoisotopic (exact) mass is 462 g/mol. The second-order valence-electron chi connectivity index (χ2n) is 7.90. The highest BCUT2D eigenvalue weighted by molar-refractivity contribution is 7.88. The molecule has 5 rings (SSSR count). The van der Waals surface area contributed by atoms with Gasteiger partial charge in [-0.1, -0.05) is 42.0 Å². The lowest BCUT2D eigenvalue weighted by Gasteiger charge is -2.21. The molecule has 0 radical (unpaired) electrons. The summed E-state index contributed by atoms with van der Waals surface area (Å²) in [7, 11) is -3.57. The van der Waals surface area contributed by atoms with E-state index in [1.54, 1.807) is 11.3 Å². The van der Waals surface area contributed by atoms with Gasteiger partial charge in [0.1, 0.15) is 0 Å². The molecule has 6 nitrogen and oxygen atoms in total. The highest BCUT2D eigenvalue weighted by Gasteiger charge is 2.37. The zero-order valence-electron chi connectivity index (χ0n) is 17.7. The first kappa shape index (κ1) is 20.7. The first-order valence-electron chi connectivity index (χ1n) is 10.2. The maximum Gasteiger partial charge on any atom is 0.247 e. The van der Waals surface area contributed by atoms with Crippen molar-refractivity contribution in [1.82, 2.24) is 14.2 Å². The number of aromatic nitrogens is 2. The molecule has 0 aliphatic carbocycles. The topological polar surface area (TPSA) is 67.6 Å². The highest BCUT2D eigenvalue weighted by Crippen LogP contribution is 2.39. The summed E-state index contributed by atoms with van der Waals surface area (Å²) >= 11 is 1.57. The van der Waals surface area contributed by atoms with Crippen LogP contribution in [0.1, 0.15) is 29.2 Å². The number of benzene rings is 2. The maximum absolute atomic E-state index is 12.7. The second-order valence-corrected chi connectivity index (χ2v) is 10.5. The number of hydrazone groups is 1. The molecule has 0 N–H and O–H groups in total. The number of nitrogens with zero attached hydrogens (tertiary/aromatic N) is 4. The van der Waals surface area contributed by atoms with Crippen molar-refractivity contribution in [2.45, 2.75) is 19.4 Å². The Labute approximate surface area is 191 Å². The standard InChI is InChI=1S/C24H22N4O2S2/c1-17-7-6-8-18(13-17)24-21(15-27(26-24)20-9-4-3-5-10-20)23-14-22(19-11-12-31-16-19)25-28(23)32(2,29)30/h3-13,15-16,23H,14H2,1-2H3/t23-/m1/s1. The molecule has 1 aliphatic rings. The van der Waals surface area contributed by atoms with Crippen LogP contribution in [0, 0.1) is 6.92 Å². The molecule has 3 heterocycles. The predicted octanol–water partition coefficient (Wildman–Crippen LogP) is 5.02. The number of aryl methyl sites for hydroxylation is 1. The second kappa shape index (κ2) is 8.03. The summed E-state index contributed by atoms with van der Waals surface area (Å²) in [6, 6.07) is 19.4. The number of hydrogen-bond acceptors (Lipinski definition) is 5. The molecule has 8 heteroatoms.